The van der Waals surface area contributed by atoms with Gasteiger partial charge < -0.3 is 14.6 Å². The zero-order valence-electron chi connectivity index (χ0n) is 11.4. The van der Waals surface area contributed by atoms with Gasteiger partial charge in [0.25, 0.3) is 11.5 Å². The summed E-state index contributed by atoms with van der Waals surface area (Å²) in [7, 11) is 1.57. The molecule has 0 aliphatic heterocycles. The quantitative estimate of drug-likeness (QED) is 0.916. The van der Waals surface area contributed by atoms with E-state index in [0.717, 1.165) is 4.57 Å². The summed E-state index contributed by atoms with van der Waals surface area (Å²) in [6.07, 6.45) is 1.36. The Morgan fingerprint density at radius 1 is 1.14 bits per heavy atom. The van der Waals surface area contributed by atoms with Gasteiger partial charge in [0.05, 0.1) is 5.69 Å². The summed E-state index contributed by atoms with van der Waals surface area (Å²) in [5.41, 5.74) is 0.530. The molecule has 1 amide bonds. The number of carboxylic acids is 1. The largest absolute Gasteiger partial charge is 0.480 e. The fourth-order valence-electron chi connectivity index (χ4n) is 1.88. The summed E-state index contributed by atoms with van der Waals surface area (Å²) in [6, 6.07) is 11.4. The fourth-order valence-corrected chi connectivity index (χ4v) is 1.88. The first kappa shape index (κ1) is 14.5. The van der Waals surface area contributed by atoms with Crippen LogP contribution < -0.4 is 10.5 Å². The van der Waals surface area contributed by atoms with Gasteiger partial charge in [-0.1, -0.05) is 18.2 Å². The minimum absolute atomic E-state index is 0.240. The molecule has 0 radical (unpaired) electrons. The monoisotopic (exact) mass is 286 g/mol. The van der Waals surface area contributed by atoms with Crippen LogP contribution in [0.25, 0.3) is 0 Å². The summed E-state index contributed by atoms with van der Waals surface area (Å²) in [5, 5.41) is 8.77. The molecule has 6 heteroatoms. The van der Waals surface area contributed by atoms with Gasteiger partial charge in [0, 0.05) is 24.9 Å². The summed E-state index contributed by atoms with van der Waals surface area (Å²) >= 11 is 0. The smallest absolute Gasteiger partial charge is 0.323 e. The molecular formula is C15H14N2O4. The van der Waals surface area contributed by atoms with E-state index in [0.29, 0.717) is 11.3 Å². The summed E-state index contributed by atoms with van der Waals surface area (Å²) in [4.78, 5) is 35.9. The van der Waals surface area contributed by atoms with E-state index in [-0.39, 0.29) is 5.91 Å². The van der Waals surface area contributed by atoms with Crippen LogP contribution in [0.1, 0.15) is 10.4 Å². The number of aromatic nitrogens is 1. The van der Waals surface area contributed by atoms with Crippen LogP contribution in [0.5, 0.6) is 0 Å². The highest BCUT2D eigenvalue weighted by Gasteiger charge is 2.14. The molecule has 0 unspecified atom stereocenters. The van der Waals surface area contributed by atoms with Crippen molar-refractivity contribution in [3.63, 3.8) is 0 Å². The van der Waals surface area contributed by atoms with Crippen molar-refractivity contribution in [2.24, 2.45) is 0 Å². The number of carboxylic acid groups (broad SMARTS) is 1. The van der Waals surface area contributed by atoms with Crippen molar-refractivity contribution in [3.8, 4) is 0 Å². The molecule has 21 heavy (non-hydrogen) atoms. The van der Waals surface area contributed by atoms with Crippen LogP contribution in [0, 0.1) is 0 Å². The molecule has 0 saturated carbocycles. The van der Waals surface area contributed by atoms with Gasteiger partial charge in [-0.05, 0) is 18.2 Å². The second-order valence-corrected chi connectivity index (χ2v) is 4.48. The van der Waals surface area contributed by atoms with E-state index in [1.807, 2.05) is 6.07 Å². The average molecular weight is 286 g/mol. The van der Waals surface area contributed by atoms with E-state index in [1.165, 1.54) is 23.2 Å². The van der Waals surface area contributed by atoms with Crippen molar-refractivity contribution in [1.82, 2.24) is 4.57 Å². The van der Waals surface area contributed by atoms with Crippen LogP contribution in [-0.4, -0.2) is 28.6 Å². The fraction of sp³-hybridized carbons (Fsp3) is 0.133. The predicted octanol–water partition coefficient (Wildman–Crippen LogP) is 1.21. The third-order valence-electron chi connectivity index (χ3n) is 2.99. The topological polar surface area (TPSA) is 79.6 Å². The molecule has 2 rings (SSSR count). The van der Waals surface area contributed by atoms with Crippen molar-refractivity contribution >= 4 is 17.6 Å². The van der Waals surface area contributed by atoms with Crippen LogP contribution in [0.2, 0.25) is 0 Å². The molecule has 2 aromatic rings. The highest BCUT2D eigenvalue weighted by molar-refractivity contribution is 6.05. The number of anilines is 1. The van der Waals surface area contributed by atoms with Gasteiger partial charge in [0.15, 0.2) is 0 Å². The van der Waals surface area contributed by atoms with Gasteiger partial charge in [-0.25, -0.2) is 0 Å². The first-order chi connectivity index (χ1) is 9.99. The van der Waals surface area contributed by atoms with E-state index >= 15 is 0 Å². The lowest BCUT2D eigenvalue weighted by Crippen LogP contribution is -2.29. The standard InChI is InChI=1S/C15H14N2O4/c1-16(15(21)11-5-3-2-4-6-11)12-7-8-13(18)17(9-12)10-14(19)20/h2-9H,10H2,1H3,(H,19,20). The van der Waals surface area contributed by atoms with Crippen LogP contribution in [0.3, 0.4) is 0 Å². The van der Waals surface area contributed by atoms with Gasteiger partial charge in [0.1, 0.15) is 6.54 Å². The van der Waals surface area contributed by atoms with Gasteiger partial charge in [-0.15, -0.1) is 0 Å². The zero-order chi connectivity index (χ0) is 15.4. The number of hydrogen-bond acceptors (Lipinski definition) is 3. The lowest BCUT2D eigenvalue weighted by molar-refractivity contribution is -0.137. The minimum Gasteiger partial charge on any atom is -0.480 e. The maximum absolute atomic E-state index is 12.3. The molecule has 0 spiro atoms. The number of pyridine rings is 1. The third-order valence-corrected chi connectivity index (χ3v) is 2.99. The Labute approximate surface area is 120 Å². The van der Waals surface area contributed by atoms with E-state index in [4.69, 9.17) is 5.11 Å². The number of hydrogen-bond donors (Lipinski definition) is 1. The number of aliphatic carboxylic acids is 1. The van der Waals surface area contributed by atoms with Crippen LogP contribution >= 0.6 is 0 Å². The molecule has 1 aromatic carbocycles. The second kappa shape index (κ2) is 6.04. The van der Waals surface area contributed by atoms with Crippen LogP contribution in [0.4, 0.5) is 5.69 Å². The molecular weight excluding hydrogens is 272 g/mol. The molecule has 6 nitrogen and oxygen atoms in total. The summed E-state index contributed by atoms with van der Waals surface area (Å²) < 4.78 is 1.05. The maximum atomic E-state index is 12.3. The number of rotatable bonds is 4. The van der Waals surface area contributed by atoms with E-state index in [9.17, 15) is 14.4 Å². The van der Waals surface area contributed by atoms with Gasteiger partial charge in [-0.2, -0.15) is 0 Å². The Balaban J connectivity index is 2.31. The number of carbonyl (C=O) groups excluding carboxylic acids is 1. The molecule has 0 aliphatic carbocycles. The molecule has 1 aromatic heterocycles. The zero-order valence-corrected chi connectivity index (χ0v) is 11.4. The minimum atomic E-state index is -1.12. The third kappa shape index (κ3) is 3.36. The second-order valence-electron chi connectivity index (χ2n) is 4.48. The molecule has 0 saturated heterocycles. The highest BCUT2D eigenvalue weighted by atomic mass is 16.4. The van der Waals surface area contributed by atoms with E-state index in [2.05, 4.69) is 0 Å². The van der Waals surface area contributed by atoms with Gasteiger partial charge >= 0.3 is 5.97 Å². The van der Waals surface area contributed by atoms with Crippen molar-refractivity contribution in [1.29, 1.82) is 0 Å². The molecule has 108 valence electrons. The van der Waals surface area contributed by atoms with E-state index < -0.39 is 18.1 Å². The Morgan fingerprint density at radius 2 is 1.81 bits per heavy atom. The lowest BCUT2D eigenvalue weighted by atomic mass is 10.2. The SMILES string of the molecule is CN(C(=O)c1ccccc1)c1ccc(=O)n(CC(=O)O)c1. The molecule has 0 fully saturated rings. The Morgan fingerprint density at radius 3 is 2.43 bits per heavy atom. The van der Waals surface area contributed by atoms with E-state index in [1.54, 1.807) is 31.3 Å². The highest BCUT2D eigenvalue weighted by Crippen LogP contribution is 2.13. The van der Waals surface area contributed by atoms with Gasteiger partial charge in [-0.3, -0.25) is 14.4 Å². The predicted molar refractivity (Wildman–Crippen MR) is 77.5 cm³/mol. The Bertz CT molecular complexity index is 722. The van der Waals surface area contributed by atoms with Crippen molar-refractivity contribution in [2.75, 3.05) is 11.9 Å². The first-order valence-corrected chi connectivity index (χ1v) is 6.24. The molecule has 1 N–H and O–H groups in total. The maximum Gasteiger partial charge on any atom is 0.323 e. The Hall–Kier alpha value is -2.89. The summed E-state index contributed by atoms with van der Waals surface area (Å²) in [5.74, 6) is -1.36. The average Bonchev–Trinajstić information content (AvgIpc) is 2.48. The van der Waals surface area contributed by atoms with Crippen molar-refractivity contribution in [2.45, 2.75) is 6.54 Å². The molecule has 1 heterocycles. The number of carbonyl (C=O) groups is 2. The molecule has 0 bridgehead atoms. The van der Waals surface area contributed by atoms with Crippen molar-refractivity contribution in [3.05, 3.63) is 64.6 Å². The summed E-state index contributed by atoms with van der Waals surface area (Å²) in [6.45, 7) is -0.444. The normalized spacial score (nSPS) is 10.1. The van der Waals surface area contributed by atoms with Crippen LogP contribution in [-0.2, 0) is 11.3 Å². The number of amides is 1. The molecule has 0 aliphatic rings. The Kier molecular flexibility index (Phi) is 4.18. The lowest BCUT2D eigenvalue weighted by Gasteiger charge is -2.18. The molecule has 0 atom stereocenters. The van der Waals surface area contributed by atoms with Gasteiger partial charge in [0.2, 0.25) is 0 Å². The van der Waals surface area contributed by atoms with Crippen LogP contribution in [0.15, 0.2) is 53.5 Å². The first-order valence-electron chi connectivity index (χ1n) is 6.24. The van der Waals surface area contributed by atoms with Crippen molar-refractivity contribution < 1.29 is 14.7 Å². The number of nitrogens with zero attached hydrogens (tertiary/aromatic N) is 2. The number of benzene rings is 1.